The largest absolute Gasteiger partial charge is 0.341 e. The number of hydrogen-bond donors (Lipinski definition) is 1. The quantitative estimate of drug-likeness (QED) is 0.907. The van der Waals surface area contributed by atoms with E-state index < -0.39 is 0 Å². The minimum absolute atomic E-state index is 0.290. The van der Waals surface area contributed by atoms with E-state index in [1.54, 1.807) is 0 Å². The van der Waals surface area contributed by atoms with E-state index in [0.717, 1.165) is 36.9 Å². The van der Waals surface area contributed by atoms with E-state index in [0.29, 0.717) is 11.9 Å². The third-order valence-electron chi connectivity index (χ3n) is 3.38. The summed E-state index contributed by atoms with van der Waals surface area (Å²) in [5, 5.41) is 3.46. The van der Waals surface area contributed by atoms with Gasteiger partial charge in [-0.1, -0.05) is 34.1 Å². The lowest BCUT2D eigenvalue weighted by Gasteiger charge is -2.19. The predicted molar refractivity (Wildman–Crippen MR) is 76.4 cm³/mol. The Morgan fingerprint density at radius 2 is 2.22 bits per heavy atom. The first-order valence-corrected chi connectivity index (χ1v) is 7.23. The van der Waals surface area contributed by atoms with Crippen molar-refractivity contribution in [3.05, 3.63) is 34.3 Å². The molecule has 1 atom stereocenters. The number of nitrogens with zero attached hydrogens (tertiary/aromatic N) is 1. The van der Waals surface area contributed by atoms with Gasteiger partial charge >= 0.3 is 0 Å². The summed E-state index contributed by atoms with van der Waals surface area (Å²) < 4.78 is 1.13. The van der Waals surface area contributed by atoms with Crippen LogP contribution in [0.1, 0.15) is 31.4 Å². The molecule has 3 nitrogen and oxygen atoms in total. The maximum absolute atomic E-state index is 11.5. The van der Waals surface area contributed by atoms with Crippen molar-refractivity contribution in [3.63, 3.8) is 0 Å². The lowest BCUT2D eigenvalue weighted by atomic mass is 10.1. The van der Waals surface area contributed by atoms with Crippen LogP contribution in [0.4, 0.5) is 0 Å². The van der Waals surface area contributed by atoms with Crippen molar-refractivity contribution in [1.29, 1.82) is 0 Å². The molecule has 1 aliphatic heterocycles. The van der Waals surface area contributed by atoms with E-state index in [-0.39, 0.29) is 0 Å². The molecule has 1 unspecified atom stereocenters. The normalized spacial score (nSPS) is 17.2. The van der Waals surface area contributed by atoms with Gasteiger partial charge in [-0.3, -0.25) is 4.79 Å². The fourth-order valence-electron chi connectivity index (χ4n) is 2.29. The zero-order chi connectivity index (χ0) is 13.0. The molecule has 1 aliphatic rings. The minimum Gasteiger partial charge on any atom is -0.341 e. The van der Waals surface area contributed by atoms with Crippen LogP contribution in [0.5, 0.6) is 0 Å². The van der Waals surface area contributed by atoms with Gasteiger partial charge in [0.25, 0.3) is 0 Å². The van der Waals surface area contributed by atoms with Crippen LogP contribution in [0, 0.1) is 0 Å². The number of likely N-dealkylation sites (tertiary alicyclic amines) is 1. The van der Waals surface area contributed by atoms with Gasteiger partial charge in [0.1, 0.15) is 0 Å². The Kier molecular flexibility index (Phi) is 4.78. The number of nitrogens with one attached hydrogen (secondary N) is 1. The third kappa shape index (κ3) is 3.33. The van der Waals surface area contributed by atoms with Crippen molar-refractivity contribution >= 4 is 21.8 Å². The summed E-state index contributed by atoms with van der Waals surface area (Å²) >= 11 is 3.56. The predicted octanol–water partition coefficient (Wildman–Crippen LogP) is 2.72. The fraction of sp³-hybridized carbons (Fsp3) is 0.500. The number of halogens is 1. The monoisotopic (exact) mass is 310 g/mol. The molecule has 1 N–H and O–H groups in total. The van der Waals surface area contributed by atoms with Crippen molar-refractivity contribution < 1.29 is 4.79 Å². The Labute approximate surface area is 117 Å². The first-order chi connectivity index (χ1) is 8.68. The molecule has 0 spiro atoms. The van der Waals surface area contributed by atoms with Crippen LogP contribution in [0.3, 0.4) is 0 Å². The Hall–Kier alpha value is -0.870. The molecule has 18 heavy (non-hydrogen) atoms. The molecular weight excluding hydrogens is 292 g/mol. The fourth-order valence-corrected chi connectivity index (χ4v) is 2.92. The molecule has 0 radical (unpaired) electrons. The SMILES string of the molecule is CC(NCCN1CCCC1=O)c1ccccc1Br. The van der Waals surface area contributed by atoms with E-state index in [2.05, 4.69) is 40.3 Å². The van der Waals surface area contributed by atoms with Crippen LogP contribution in [0.2, 0.25) is 0 Å². The number of carbonyl (C=O) groups is 1. The summed E-state index contributed by atoms with van der Waals surface area (Å²) in [7, 11) is 0. The third-order valence-corrected chi connectivity index (χ3v) is 4.10. The minimum atomic E-state index is 0.290. The van der Waals surface area contributed by atoms with Gasteiger partial charge in [-0.05, 0) is 25.0 Å². The van der Waals surface area contributed by atoms with Gasteiger partial charge in [0, 0.05) is 36.6 Å². The van der Waals surface area contributed by atoms with Gasteiger partial charge in [-0.15, -0.1) is 0 Å². The topological polar surface area (TPSA) is 32.3 Å². The van der Waals surface area contributed by atoms with Crippen molar-refractivity contribution in [2.24, 2.45) is 0 Å². The highest BCUT2D eigenvalue weighted by atomic mass is 79.9. The molecule has 0 saturated carbocycles. The van der Waals surface area contributed by atoms with E-state index in [9.17, 15) is 4.79 Å². The van der Waals surface area contributed by atoms with Crippen molar-refractivity contribution in [3.8, 4) is 0 Å². The second kappa shape index (κ2) is 6.34. The molecule has 1 aromatic rings. The van der Waals surface area contributed by atoms with E-state index in [1.165, 1.54) is 5.56 Å². The van der Waals surface area contributed by atoms with Crippen LogP contribution in [0.15, 0.2) is 28.7 Å². The first-order valence-electron chi connectivity index (χ1n) is 6.44. The zero-order valence-corrected chi connectivity index (χ0v) is 12.2. The summed E-state index contributed by atoms with van der Waals surface area (Å²) in [5.74, 6) is 0.297. The van der Waals surface area contributed by atoms with Gasteiger partial charge in [-0.2, -0.15) is 0 Å². The van der Waals surface area contributed by atoms with Gasteiger partial charge in [-0.25, -0.2) is 0 Å². The molecule has 1 heterocycles. The van der Waals surface area contributed by atoms with Crippen LogP contribution in [-0.4, -0.2) is 30.4 Å². The van der Waals surface area contributed by atoms with E-state index in [1.807, 2.05) is 17.0 Å². The smallest absolute Gasteiger partial charge is 0.222 e. The highest BCUT2D eigenvalue weighted by Crippen LogP contribution is 2.22. The Morgan fingerprint density at radius 3 is 2.89 bits per heavy atom. The number of benzene rings is 1. The summed E-state index contributed by atoms with van der Waals surface area (Å²) in [6.45, 7) is 4.72. The number of rotatable bonds is 5. The maximum Gasteiger partial charge on any atom is 0.222 e. The Bertz CT molecular complexity index is 422. The number of carbonyl (C=O) groups excluding carboxylic acids is 1. The molecule has 1 fully saturated rings. The van der Waals surface area contributed by atoms with Gasteiger partial charge in [0.15, 0.2) is 0 Å². The Morgan fingerprint density at radius 1 is 1.44 bits per heavy atom. The van der Waals surface area contributed by atoms with Crippen LogP contribution >= 0.6 is 15.9 Å². The van der Waals surface area contributed by atoms with Crippen molar-refractivity contribution in [1.82, 2.24) is 10.2 Å². The summed E-state index contributed by atoms with van der Waals surface area (Å²) in [4.78, 5) is 13.4. The molecule has 1 saturated heterocycles. The average molecular weight is 311 g/mol. The molecule has 4 heteroatoms. The molecule has 0 aromatic heterocycles. The van der Waals surface area contributed by atoms with Gasteiger partial charge in [0.2, 0.25) is 5.91 Å². The molecule has 1 aromatic carbocycles. The number of hydrogen-bond acceptors (Lipinski definition) is 2. The lowest BCUT2D eigenvalue weighted by Crippen LogP contribution is -2.33. The number of amides is 1. The molecule has 2 rings (SSSR count). The zero-order valence-electron chi connectivity index (χ0n) is 10.7. The lowest BCUT2D eigenvalue weighted by molar-refractivity contribution is -0.127. The average Bonchev–Trinajstić information content (AvgIpc) is 2.75. The van der Waals surface area contributed by atoms with Gasteiger partial charge in [0.05, 0.1) is 0 Å². The summed E-state index contributed by atoms with van der Waals surface area (Å²) in [5.41, 5.74) is 1.25. The highest BCUT2D eigenvalue weighted by Gasteiger charge is 2.19. The molecule has 0 bridgehead atoms. The molecule has 98 valence electrons. The summed E-state index contributed by atoms with van der Waals surface area (Å²) in [6, 6.07) is 8.52. The second-order valence-corrected chi connectivity index (χ2v) is 5.54. The van der Waals surface area contributed by atoms with E-state index in [4.69, 9.17) is 0 Å². The van der Waals surface area contributed by atoms with Crippen LogP contribution in [0.25, 0.3) is 0 Å². The molecule has 1 amide bonds. The highest BCUT2D eigenvalue weighted by molar-refractivity contribution is 9.10. The molecule has 0 aliphatic carbocycles. The van der Waals surface area contributed by atoms with Crippen LogP contribution < -0.4 is 5.32 Å². The van der Waals surface area contributed by atoms with Crippen molar-refractivity contribution in [2.45, 2.75) is 25.8 Å². The first kappa shape index (κ1) is 13.6. The summed E-state index contributed by atoms with van der Waals surface area (Å²) in [6.07, 6.45) is 1.73. The van der Waals surface area contributed by atoms with Crippen LogP contribution in [-0.2, 0) is 4.79 Å². The Balaban J connectivity index is 1.80. The van der Waals surface area contributed by atoms with Crippen molar-refractivity contribution in [2.75, 3.05) is 19.6 Å². The maximum atomic E-state index is 11.5. The standard InChI is InChI=1S/C14H19BrN2O/c1-11(12-5-2-3-6-13(12)15)16-8-10-17-9-4-7-14(17)18/h2-3,5-6,11,16H,4,7-10H2,1H3. The van der Waals surface area contributed by atoms with Gasteiger partial charge < -0.3 is 10.2 Å². The molecular formula is C14H19BrN2O. The van der Waals surface area contributed by atoms with E-state index >= 15 is 0 Å². The second-order valence-electron chi connectivity index (χ2n) is 4.68.